The van der Waals surface area contributed by atoms with Crippen LogP contribution in [0.25, 0.3) is 28.7 Å². The minimum absolute atomic E-state index is 0.0474. The third-order valence-corrected chi connectivity index (χ3v) is 4.67. The second-order valence-electron chi connectivity index (χ2n) is 6.29. The highest BCUT2D eigenvalue weighted by molar-refractivity contribution is 6.30. The van der Waals surface area contributed by atoms with E-state index in [1.807, 2.05) is 24.3 Å². The fourth-order valence-corrected chi connectivity index (χ4v) is 3.11. The minimum Gasteiger partial charge on any atom is -0.268 e. The number of halogens is 1. The van der Waals surface area contributed by atoms with Crippen molar-refractivity contribution in [1.82, 2.24) is 9.55 Å². The predicted molar refractivity (Wildman–Crippen MR) is 114 cm³/mol. The zero-order valence-electron chi connectivity index (χ0n) is 15.0. The van der Waals surface area contributed by atoms with E-state index in [0.717, 1.165) is 5.56 Å². The molecule has 0 unspecified atom stereocenters. The van der Waals surface area contributed by atoms with Gasteiger partial charge < -0.3 is 0 Å². The number of nitro benzene ring substituents is 1. The van der Waals surface area contributed by atoms with Crippen molar-refractivity contribution in [3.05, 3.63) is 110 Å². The predicted octanol–water partition coefficient (Wildman–Crippen LogP) is 5.12. The Morgan fingerprint density at radius 2 is 1.62 bits per heavy atom. The number of hydrogen-bond acceptors (Lipinski definition) is 4. The summed E-state index contributed by atoms with van der Waals surface area (Å²) in [6, 6.07) is 20.1. The van der Waals surface area contributed by atoms with Gasteiger partial charge in [0.25, 0.3) is 11.2 Å². The van der Waals surface area contributed by atoms with E-state index >= 15 is 0 Å². The second-order valence-corrected chi connectivity index (χ2v) is 6.72. The Balaban J connectivity index is 1.89. The van der Waals surface area contributed by atoms with E-state index in [1.54, 1.807) is 36.4 Å². The SMILES string of the molecule is O=c1c2ccccc2nc(C=Cc2ccc(Cl)cc2)n1-c1ccc([N+](=O)[O-])cc1. The Morgan fingerprint density at radius 3 is 2.31 bits per heavy atom. The number of non-ortho nitro benzene ring substituents is 1. The molecule has 6 nitrogen and oxygen atoms in total. The Hall–Kier alpha value is -3.77. The molecule has 0 aliphatic carbocycles. The van der Waals surface area contributed by atoms with E-state index in [4.69, 9.17) is 11.6 Å². The molecule has 0 saturated heterocycles. The fourth-order valence-electron chi connectivity index (χ4n) is 2.98. The van der Waals surface area contributed by atoms with E-state index < -0.39 is 4.92 Å². The molecule has 0 radical (unpaired) electrons. The summed E-state index contributed by atoms with van der Waals surface area (Å²) in [6.07, 6.45) is 3.56. The van der Waals surface area contributed by atoms with Crippen molar-refractivity contribution in [3.63, 3.8) is 0 Å². The molecule has 0 saturated carbocycles. The van der Waals surface area contributed by atoms with Crippen LogP contribution < -0.4 is 5.56 Å². The molecular weight excluding hydrogens is 390 g/mol. The van der Waals surface area contributed by atoms with Gasteiger partial charge in [0.1, 0.15) is 5.82 Å². The van der Waals surface area contributed by atoms with Crippen LogP contribution in [0.15, 0.2) is 77.6 Å². The molecule has 142 valence electrons. The minimum atomic E-state index is -0.480. The number of rotatable bonds is 4. The van der Waals surface area contributed by atoms with E-state index in [-0.39, 0.29) is 11.2 Å². The van der Waals surface area contributed by atoms with Crippen molar-refractivity contribution >= 4 is 40.3 Å². The van der Waals surface area contributed by atoms with Crippen molar-refractivity contribution in [3.8, 4) is 5.69 Å². The van der Waals surface area contributed by atoms with Gasteiger partial charge >= 0.3 is 0 Å². The Bertz CT molecular complexity index is 1290. The van der Waals surface area contributed by atoms with Crippen LogP contribution in [0, 0.1) is 10.1 Å². The molecule has 7 heteroatoms. The monoisotopic (exact) mass is 403 g/mol. The van der Waals surface area contributed by atoms with Crippen molar-refractivity contribution in [1.29, 1.82) is 0 Å². The number of benzene rings is 3. The van der Waals surface area contributed by atoms with Gasteiger partial charge in [-0.3, -0.25) is 19.5 Å². The first-order valence-corrected chi connectivity index (χ1v) is 9.11. The molecule has 0 bridgehead atoms. The van der Waals surface area contributed by atoms with Gasteiger partial charge in [0.05, 0.1) is 21.5 Å². The maximum atomic E-state index is 13.2. The number of aromatic nitrogens is 2. The maximum Gasteiger partial charge on any atom is 0.269 e. The Labute approximate surface area is 170 Å². The van der Waals surface area contributed by atoms with Crippen molar-refractivity contribution in [2.24, 2.45) is 0 Å². The van der Waals surface area contributed by atoms with Gasteiger partial charge in [-0.25, -0.2) is 4.98 Å². The molecule has 4 rings (SSSR count). The van der Waals surface area contributed by atoms with Gasteiger partial charge in [0.2, 0.25) is 0 Å². The standard InChI is InChI=1S/C22H14ClN3O3/c23-16-8-5-15(6-9-16)7-14-21-24-20-4-2-1-3-19(20)22(27)25(21)17-10-12-18(13-11-17)26(28)29/h1-14H. The molecule has 4 aromatic rings. The van der Waals surface area contributed by atoms with Gasteiger partial charge in [0.15, 0.2) is 0 Å². The van der Waals surface area contributed by atoms with E-state index in [0.29, 0.717) is 27.4 Å². The van der Waals surface area contributed by atoms with E-state index in [1.165, 1.54) is 28.8 Å². The third kappa shape index (κ3) is 3.79. The molecule has 0 atom stereocenters. The summed E-state index contributed by atoms with van der Waals surface area (Å²) in [6.45, 7) is 0. The maximum absolute atomic E-state index is 13.2. The summed E-state index contributed by atoms with van der Waals surface area (Å²) in [5.74, 6) is 0.414. The quantitative estimate of drug-likeness (QED) is 0.350. The van der Waals surface area contributed by atoms with Crippen LogP contribution in [-0.2, 0) is 0 Å². The lowest BCUT2D eigenvalue weighted by Gasteiger charge is -2.11. The first kappa shape index (κ1) is 18.6. The molecule has 0 fully saturated rings. The Morgan fingerprint density at radius 1 is 0.931 bits per heavy atom. The van der Waals surface area contributed by atoms with Crippen LogP contribution in [0.2, 0.25) is 5.02 Å². The summed E-state index contributed by atoms with van der Waals surface area (Å²) >= 11 is 5.93. The van der Waals surface area contributed by atoms with Crippen molar-refractivity contribution in [2.75, 3.05) is 0 Å². The number of hydrogen-bond donors (Lipinski definition) is 0. The number of nitro groups is 1. The highest BCUT2D eigenvalue weighted by Gasteiger charge is 2.12. The smallest absolute Gasteiger partial charge is 0.268 e. The van der Waals surface area contributed by atoms with Gasteiger partial charge in [-0.2, -0.15) is 0 Å². The average molecular weight is 404 g/mol. The summed E-state index contributed by atoms with van der Waals surface area (Å²) in [4.78, 5) is 28.2. The van der Waals surface area contributed by atoms with Crippen LogP contribution >= 0.6 is 11.6 Å². The summed E-state index contributed by atoms with van der Waals surface area (Å²) < 4.78 is 1.44. The van der Waals surface area contributed by atoms with Gasteiger partial charge in [-0.15, -0.1) is 0 Å². The second kappa shape index (κ2) is 7.69. The molecule has 1 aromatic heterocycles. The lowest BCUT2D eigenvalue weighted by molar-refractivity contribution is -0.384. The van der Waals surface area contributed by atoms with Crippen LogP contribution in [0.4, 0.5) is 5.69 Å². The molecule has 0 aliphatic heterocycles. The van der Waals surface area contributed by atoms with Gasteiger partial charge in [-0.1, -0.05) is 41.9 Å². The van der Waals surface area contributed by atoms with Gasteiger partial charge in [-0.05, 0) is 48.0 Å². The molecular formula is C22H14ClN3O3. The molecule has 29 heavy (non-hydrogen) atoms. The molecule has 0 aliphatic rings. The lowest BCUT2D eigenvalue weighted by Crippen LogP contribution is -2.22. The highest BCUT2D eigenvalue weighted by atomic mass is 35.5. The Kier molecular flexibility index (Phi) is 4.93. The lowest BCUT2D eigenvalue weighted by atomic mass is 10.2. The molecule has 0 spiro atoms. The van der Waals surface area contributed by atoms with Crippen LogP contribution in [0.1, 0.15) is 11.4 Å². The number of fused-ring (bicyclic) bond motifs is 1. The first-order chi connectivity index (χ1) is 14.0. The molecule has 0 N–H and O–H groups in total. The van der Waals surface area contributed by atoms with E-state index in [9.17, 15) is 14.9 Å². The first-order valence-electron chi connectivity index (χ1n) is 8.73. The van der Waals surface area contributed by atoms with Crippen molar-refractivity contribution < 1.29 is 4.92 Å². The van der Waals surface area contributed by atoms with Crippen LogP contribution in [0.3, 0.4) is 0 Å². The fraction of sp³-hybridized carbons (Fsp3) is 0. The largest absolute Gasteiger partial charge is 0.269 e. The third-order valence-electron chi connectivity index (χ3n) is 4.42. The molecule has 0 amide bonds. The molecule has 1 heterocycles. The normalized spacial score (nSPS) is 11.2. The molecule has 3 aromatic carbocycles. The highest BCUT2D eigenvalue weighted by Crippen LogP contribution is 2.19. The van der Waals surface area contributed by atoms with Crippen molar-refractivity contribution in [2.45, 2.75) is 0 Å². The zero-order chi connectivity index (χ0) is 20.4. The zero-order valence-corrected chi connectivity index (χ0v) is 15.8. The number of nitrogens with zero attached hydrogens (tertiary/aromatic N) is 3. The topological polar surface area (TPSA) is 78.0 Å². The average Bonchev–Trinajstić information content (AvgIpc) is 2.73. The summed E-state index contributed by atoms with van der Waals surface area (Å²) in [7, 11) is 0. The summed E-state index contributed by atoms with van der Waals surface area (Å²) in [5, 5.41) is 12.0. The number of para-hydroxylation sites is 1. The van der Waals surface area contributed by atoms with Crippen LogP contribution in [-0.4, -0.2) is 14.5 Å². The van der Waals surface area contributed by atoms with E-state index in [2.05, 4.69) is 4.98 Å². The van der Waals surface area contributed by atoms with Gasteiger partial charge in [0, 0.05) is 17.2 Å². The van der Waals surface area contributed by atoms with Crippen LogP contribution in [0.5, 0.6) is 0 Å². The summed E-state index contributed by atoms with van der Waals surface area (Å²) in [5.41, 5.74) is 1.67.